The first-order valence-corrected chi connectivity index (χ1v) is 8.29. The number of hydrogen-bond acceptors (Lipinski definition) is 6. The van der Waals surface area contributed by atoms with Crippen LogP contribution < -0.4 is 5.32 Å². The summed E-state index contributed by atoms with van der Waals surface area (Å²) in [7, 11) is 0. The molecule has 0 unspecified atom stereocenters. The number of carboxylic acid groups (broad SMARTS) is 1. The number of hydrogen-bond donors (Lipinski definition) is 2. The lowest BCUT2D eigenvalue weighted by molar-refractivity contribution is -0.115. The molecule has 0 spiro atoms. The molecule has 0 saturated carbocycles. The third-order valence-electron chi connectivity index (χ3n) is 3.80. The number of nitrogens with one attached hydrogen (secondary N) is 1. The molecule has 2 amide bonds. The van der Waals surface area contributed by atoms with Crippen molar-refractivity contribution in [1.29, 1.82) is 0 Å². The minimum Gasteiger partial charge on any atom is -0.478 e. The van der Waals surface area contributed by atoms with Crippen molar-refractivity contribution in [3.05, 3.63) is 59.0 Å². The van der Waals surface area contributed by atoms with E-state index in [1.54, 1.807) is 30.6 Å². The summed E-state index contributed by atoms with van der Waals surface area (Å²) < 4.78 is 5.84. The molecule has 0 aliphatic carbocycles. The van der Waals surface area contributed by atoms with Gasteiger partial charge in [0.05, 0.1) is 10.5 Å². The van der Waals surface area contributed by atoms with E-state index < -0.39 is 17.1 Å². The van der Waals surface area contributed by atoms with E-state index >= 15 is 0 Å². The number of thioether (sulfide) groups is 1. The Morgan fingerprint density at radius 2 is 1.96 bits per heavy atom. The predicted octanol–water partition coefficient (Wildman–Crippen LogP) is 3.52. The van der Waals surface area contributed by atoms with Gasteiger partial charge < -0.3 is 9.52 Å². The number of benzene rings is 1. The van der Waals surface area contributed by atoms with Crippen LogP contribution in [-0.4, -0.2) is 27.2 Å². The number of fused-ring (bicyclic) bond motifs is 1. The first kappa shape index (κ1) is 16.1. The lowest BCUT2D eigenvalue weighted by atomic mass is 10.0. The van der Waals surface area contributed by atoms with Gasteiger partial charge in [-0.25, -0.2) is 4.79 Å². The second-order valence-electron chi connectivity index (χ2n) is 5.49. The van der Waals surface area contributed by atoms with Crippen LogP contribution in [0.15, 0.2) is 52.0 Å². The Morgan fingerprint density at radius 3 is 2.62 bits per heavy atom. The highest BCUT2D eigenvalue weighted by Gasteiger charge is 2.25. The number of carbonyl (C=O) groups is 3. The molecule has 1 saturated heterocycles. The molecule has 2 N–H and O–H groups in total. The van der Waals surface area contributed by atoms with Crippen LogP contribution >= 0.6 is 11.8 Å². The van der Waals surface area contributed by atoms with Crippen LogP contribution in [0.3, 0.4) is 0 Å². The van der Waals surface area contributed by atoms with Gasteiger partial charge in [-0.05, 0) is 35.5 Å². The van der Waals surface area contributed by atoms with Gasteiger partial charge in [0.2, 0.25) is 0 Å². The molecule has 8 heteroatoms. The lowest BCUT2D eigenvalue weighted by Gasteiger charge is -2.02. The summed E-state index contributed by atoms with van der Waals surface area (Å²) in [5.74, 6) is -1.03. The van der Waals surface area contributed by atoms with Crippen LogP contribution in [0.5, 0.6) is 0 Å². The van der Waals surface area contributed by atoms with Crippen LogP contribution in [-0.2, 0) is 4.79 Å². The van der Waals surface area contributed by atoms with Crippen molar-refractivity contribution < 1.29 is 23.9 Å². The highest BCUT2D eigenvalue weighted by atomic mass is 32.2. The Labute approximate surface area is 150 Å². The molecule has 7 nitrogen and oxygen atoms in total. The Morgan fingerprint density at radius 1 is 1.19 bits per heavy atom. The minimum atomic E-state index is -0.998. The Bertz CT molecular complexity index is 1100. The van der Waals surface area contributed by atoms with Crippen LogP contribution in [0.1, 0.15) is 16.1 Å². The fourth-order valence-corrected chi connectivity index (χ4v) is 3.26. The van der Waals surface area contributed by atoms with E-state index in [0.717, 1.165) is 22.7 Å². The van der Waals surface area contributed by atoms with E-state index in [4.69, 9.17) is 9.52 Å². The van der Waals surface area contributed by atoms with Gasteiger partial charge >= 0.3 is 5.97 Å². The van der Waals surface area contributed by atoms with Crippen molar-refractivity contribution in [2.75, 3.05) is 0 Å². The zero-order valence-corrected chi connectivity index (χ0v) is 13.9. The summed E-state index contributed by atoms with van der Waals surface area (Å²) >= 11 is 0.814. The summed E-state index contributed by atoms with van der Waals surface area (Å²) in [4.78, 5) is 38.3. The zero-order valence-electron chi connectivity index (χ0n) is 13.1. The Kier molecular flexibility index (Phi) is 3.81. The van der Waals surface area contributed by atoms with E-state index in [1.807, 2.05) is 0 Å². The summed E-state index contributed by atoms with van der Waals surface area (Å²) in [6.07, 6.45) is 4.75. The number of rotatable bonds is 3. The summed E-state index contributed by atoms with van der Waals surface area (Å²) in [6.45, 7) is 0. The van der Waals surface area contributed by atoms with Gasteiger partial charge in [0.15, 0.2) is 0 Å². The summed E-state index contributed by atoms with van der Waals surface area (Å²) in [6, 6.07) is 8.10. The van der Waals surface area contributed by atoms with Crippen LogP contribution in [0.2, 0.25) is 0 Å². The Hall–Kier alpha value is -3.39. The number of aromatic nitrogens is 1. The van der Waals surface area contributed by atoms with E-state index in [2.05, 4.69) is 10.3 Å². The molecule has 3 heterocycles. The van der Waals surface area contributed by atoms with Crippen molar-refractivity contribution in [2.45, 2.75) is 0 Å². The third-order valence-corrected chi connectivity index (χ3v) is 4.61. The number of amides is 2. The van der Waals surface area contributed by atoms with Crippen LogP contribution in [0.4, 0.5) is 4.79 Å². The molecule has 26 heavy (non-hydrogen) atoms. The van der Waals surface area contributed by atoms with Crippen LogP contribution in [0, 0.1) is 0 Å². The zero-order chi connectivity index (χ0) is 18.3. The van der Waals surface area contributed by atoms with Gasteiger partial charge in [-0.3, -0.25) is 19.9 Å². The second-order valence-corrected chi connectivity index (χ2v) is 6.50. The molecular weight excluding hydrogens is 356 g/mol. The van der Waals surface area contributed by atoms with E-state index in [9.17, 15) is 14.4 Å². The molecule has 0 radical (unpaired) electrons. The van der Waals surface area contributed by atoms with Crippen molar-refractivity contribution in [3.8, 4) is 11.1 Å². The van der Waals surface area contributed by atoms with Gasteiger partial charge in [-0.15, -0.1) is 0 Å². The monoisotopic (exact) mass is 366 g/mol. The molecule has 2 aromatic heterocycles. The van der Waals surface area contributed by atoms with Gasteiger partial charge in [0.25, 0.3) is 11.1 Å². The third kappa shape index (κ3) is 2.86. The lowest BCUT2D eigenvalue weighted by Crippen LogP contribution is -2.17. The number of aromatic carboxylic acids is 1. The largest absolute Gasteiger partial charge is 0.478 e. The quantitative estimate of drug-likeness (QED) is 0.683. The van der Waals surface area contributed by atoms with Gasteiger partial charge in [0, 0.05) is 29.4 Å². The highest BCUT2D eigenvalue weighted by molar-refractivity contribution is 8.18. The number of pyridine rings is 1. The van der Waals surface area contributed by atoms with Crippen LogP contribution in [0.25, 0.3) is 28.2 Å². The maximum atomic E-state index is 11.7. The average molecular weight is 366 g/mol. The predicted molar refractivity (Wildman–Crippen MR) is 95.5 cm³/mol. The fraction of sp³-hybridized carbons (Fsp3) is 0. The molecule has 1 aliphatic heterocycles. The van der Waals surface area contributed by atoms with Crippen molar-refractivity contribution >= 4 is 45.9 Å². The number of furan rings is 1. The van der Waals surface area contributed by atoms with E-state index in [1.165, 1.54) is 18.2 Å². The first-order chi connectivity index (χ1) is 12.5. The standard InChI is InChI=1S/C18H10N2O5S/c21-16-14(26-18(24)20-16)6-12-5-11-7-19-8-13(15(11)25-12)9-1-3-10(4-2-9)17(22)23/h1-8H,(H,22,23)(H,20,21,24)/b14-6+. The average Bonchev–Trinajstić information content (AvgIpc) is 3.17. The van der Waals surface area contributed by atoms with Gasteiger partial charge in [0.1, 0.15) is 11.3 Å². The molecule has 128 valence electrons. The normalized spacial score (nSPS) is 15.6. The Balaban J connectivity index is 1.76. The summed E-state index contributed by atoms with van der Waals surface area (Å²) in [5.41, 5.74) is 2.20. The molecule has 0 bridgehead atoms. The molecular formula is C18H10N2O5S. The number of imide groups is 1. The topological polar surface area (TPSA) is 110 Å². The molecule has 1 fully saturated rings. The van der Waals surface area contributed by atoms with Gasteiger partial charge in [-0.1, -0.05) is 12.1 Å². The first-order valence-electron chi connectivity index (χ1n) is 7.47. The number of nitrogens with zero attached hydrogens (tertiary/aromatic N) is 1. The maximum Gasteiger partial charge on any atom is 0.335 e. The summed E-state index contributed by atoms with van der Waals surface area (Å²) in [5, 5.41) is 11.5. The molecule has 4 rings (SSSR count). The van der Waals surface area contributed by atoms with E-state index in [-0.39, 0.29) is 10.5 Å². The molecule has 3 aromatic rings. The molecule has 1 aliphatic rings. The van der Waals surface area contributed by atoms with Gasteiger partial charge in [-0.2, -0.15) is 0 Å². The SMILES string of the molecule is O=C1NC(=O)/C(=C\c2cc3cncc(-c4ccc(C(=O)O)cc4)c3o2)S1. The maximum absolute atomic E-state index is 11.7. The minimum absolute atomic E-state index is 0.188. The van der Waals surface area contributed by atoms with Crippen molar-refractivity contribution in [1.82, 2.24) is 10.3 Å². The highest BCUT2D eigenvalue weighted by Crippen LogP contribution is 2.32. The molecule has 1 aromatic carbocycles. The van der Waals surface area contributed by atoms with Crippen molar-refractivity contribution in [2.24, 2.45) is 0 Å². The number of carboxylic acids is 1. The smallest absolute Gasteiger partial charge is 0.335 e. The van der Waals surface area contributed by atoms with E-state index in [0.29, 0.717) is 16.9 Å². The van der Waals surface area contributed by atoms with Crippen molar-refractivity contribution in [3.63, 3.8) is 0 Å². The number of carbonyl (C=O) groups excluding carboxylic acids is 2. The molecule has 0 atom stereocenters. The second kappa shape index (κ2) is 6.16. The fourth-order valence-electron chi connectivity index (χ4n) is 2.60.